The molecule has 29 heavy (non-hydrogen) atoms. The van der Waals surface area contributed by atoms with E-state index in [-0.39, 0.29) is 18.2 Å². The van der Waals surface area contributed by atoms with Crippen molar-refractivity contribution >= 4 is 15.7 Å². The van der Waals surface area contributed by atoms with Crippen LogP contribution in [0.4, 0.5) is 10.1 Å². The maximum absolute atomic E-state index is 14.2. The van der Waals surface area contributed by atoms with Gasteiger partial charge in [-0.2, -0.15) is 0 Å². The fourth-order valence-electron chi connectivity index (χ4n) is 3.31. The number of hydrogen-bond acceptors (Lipinski definition) is 5. The number of benzene rings is 2. The fourth-order valence-corrected chi connectivity index (χ4v) is 3.95. The summed E-state index contributed by atoms with van der Waals surface area (Å²) >= 11 is 0. The molecule has 8 heteroatoms. The Labute approximate surface area is 171 Å². The molecule has 2 aromatic carbocycles. The van der Waals surface area contributed by atoms with Gasteiger partial charge in [0.2, 0.25) is 10.0 Å². The first-order valence-electron chi connectivity index (χ1n) is 9.52. The maximum Gasteiger partial charge on any atom is 0.232 e. The van der Waals surface area contributed by atoms with Crippen molar-refractivity contribution < 1.29 is 27.0 Å². The van der Waals surface area contributed by atoms with Crippen LogP contribution in [0.5, 0.6) is 5.75 Å². The van der Waals surface area contributed by atoms with E-state index in [0.29, 0.717) is 37.5 Å². The summed E-state index contributed by atoms with van der Waals surface area (Å²) in [5, 5.41) is 0. The van der Waals surface area contributed by atoms with E-state index in [4.69, 9.17) is 14.2 Å². The Hall–Kier alpha value is -2.16. The van der Waals surface area contributed by atoms with Crippen molar-refractivity contribution in [2.45, 2.75) is 32.0 Å². The van der Waals surface area contributed by atoms with E-state index in [1.54, 1.807) is 38.3 Å². The van der Waals surface area contributed by atoms with Gasteiger partial charge in [0.05, 0.1) is 11.4 Å². The summed E-state index contributed by atoms with van der Waals surface area (Å²) in [7, 11) is -1.68. The zero-order chi connectivity index (χ0) is 20.9. The molecule has 0 aromatic heterocycles. The Morgan fingerprint density at radius 3 is 2.45 bits per heavy atom. The van der Waals surface area contributed by atoms with E-state index in [2.05, 4.69) is 4.72 Å². The van der Waals surface area contributed by atoms with Gasteiger partial charge in [-0.25, -0.2) is 12.8 Å². The van der Waals surface area contributed by atoms with E-state index >= 15 is 0 Å². The van der Waals surface area contributed by atoms with Crippen molar-refractivity contribution in [3.05, 3.63) is 59.4 Å². The summed E-state index contributed by atoms with van der Waals surface area (Å²) in [5.41, 5.74) is 1.49. The molecule has 0 amide bonds. The van der Waals surface area contributed by atoms with Crippen molar-refractivity contribution in [2.75, 3.05) is 30.8 Å². The highest BCUT2D eigenvalue weighted by molar-refractivity contribution is 7.92. The highest BCUT2D eigenvalue weighted by Gasteiger charge is 2.35. The zero-order valence-corrected chi connectivity index (χ0v) is 17.4. The molecule has 0 bridgehead atoms. The maximum atomic E-state index is 14.2. The second-order valence-electron chi connectivity index (χ2n) is 6.98. The SMILES string of the molecule is CCS(=O)(=O)Nc1ccc(COc2cc(F)cc(C3(OC)CCOCC3)c2)cc1. The third-order valence-electron chi connectivity index (χ3n) is 5.10. The van der Waals surface area contributed by atoms with Crippen LogP contribution in [-0.2, 0) is 31.7 Å². The molecule has 0 unspecified atom stereocenters. The van der Waals surface area contributed by atoms with Crippen LogP contribution in [0, 0.1) is 5.82 Å². The number of methoxy groups -OCH3 is 1. The minimum Gasteiger partial charge on any atom is -0.489 e. The van der Waals surface area contributed by atoms with Gasteiger partial charge in [0.25, 0.3) is 0 Å². The number of rotatable bonds is 8. The minimum atomic E-state index is -3.31. The summed E-state index contributed by atoms with van der Waals surface area (Å²) in [4.78, 5) is 0. The summed E-state index contributed by atoms with van der Waals surface area (Å²) in [5.74, 6) is 0.0397. The predicted molar refractivity (Wildman–Crippen MR) is 109 cm³/mol. The number of anilines is 1. The van der Waals surface area contributed by atoms with Crippen LogP contribution >= 0.6 is 0 Å². The van der Waals surface area contributed by atoms with Gasteiger partial charge >= 0.3 is 0 Å². The first-order chi connectivity index (χ1) is 13.9. The predicted octanol–water partition coefficient (Wildman–Crippen LogP) is 3.82. The lowest BCUT2D eigenvalue weighted by molar-refractivity contribution is -0.0950. The van der Waals surface area contributed by atoms with Crippen molar-refractivity contribution in [3.8, 4) is 5.75 Å². The van der Waals surface area contributed by atoms with Crippen molar-refractivity contribution in [3.63, 3.8) is 0 Å². The molecule has 1 aliphatic rings. The Morgan fingerprint density at radius 1 is 1.14 bits per heavy atom. The topological polar surface area (TPSA) is 73.9 Å². The smallest absolute Gasteiger partial charge is 0.232 e. The van der Waals surface area contributed by atoms with Gasteiger partial charge in [-0.1, -0.05) is 12.1 Å². The standard InChI is InChI=1S/C21H26FNO5S/c1-3-29(24,25)23-19-6-4-16(5-7-19)15-28-20-13-17(12-18(22)14-20)21(26-2)8-10-27-11-9-21/h4-7,12-14,23H,3,8-11,15H2,1-2H3. The molecule has 1 saturated heterocycles. The van der Waals surface area contributed by atoms with Gasteiger partial charge in [0.15, 0.2) is 0 Å². The van der Waals surface area contributed by atoms with Crippen molar-refractivity contribution in [1.29, 1.82) is 0 Å². The molecule has 2 aromatic rings. The van der Waals surface area contributed by atoms with Crippen LogP contribution in [0.1, 0.15) is 30.9 Å². The number of hydrogen-bond donors (Lipinski definition) is 1. The normalized spacial score (nSPS) is 16.4. The van der Waals surface area contributed by atoms with E-state index in [9.17, 15) is 12.8 Å². The number of nitrogens with one attached hydrogen (secondary N) is 1. The molecule has 0 aliphatic carbocycles. The van der Waals surface area contributed by atoms with Gasteiger partial charge in [-0.05, 0) is 42.3 Å². The molecule has 3 rings (SSSR count). The summed E-state index contributed by atoms with van der Waals surface area (Å²) in [6.07, 6.45) is 1.31. The largest absolute Gasteiger partial charge is 0.489 e. The Balaban J connectivity index is 1.70. The van der Waals surface area contributed by atoms with E-state index in [0.717, 1.165) is 11.1 Å². The lowest BCUT2D eigenvalue weighted by atomic mass is 9.86. The molecule has 6 nitrogen and oxygen atoms in total. The van der Waals surface area contributed by atoms with Gasteiger partial charge in [-0.15, -0.1) is 0 Å². The molecule has 158 valence electrons. The van der Waals surface area contributed by atoms with Crippen LogP contribution in [0.3, 0.4) is 0 Å². The summed E-state index contributed by atoms with van der Waals surface area (Å²) in [6, 6.07) is 11.5. The Kier molecular flexibility index (Phi) is 6.77. The number of sulfonamides is 1. The number of halogens is 1. The summed E-state index contributed by atoms with van der Waals surface area (Å²) in [6.45, 7) is 2.93. The highest BCUT2D eigenvalue weighted by Crippen LogP contribution is 2.37. The van der Waals surface area contributed by atoms with E-state index in [1.165, 1.54) is 12.1 Å². The summed E-state index contributed by atoms with van der Waals surface area (Å²) < 4.78 is 56.9. The van der Waals surface area contributed by atoms with Crippen LogP contribution < -0.4 is 9.46 Å². The molecule has 1 heterocycles. The minimum absolute atomic E-state index is 0.00879. The fraction of sp³-hybridized carbons (Fsp3) is 0.429. The zero-order valence-electron chi connectivity index (χ0n) is 16.6. The lowest BCUT2D eigenvalue weighted by Gasteiger charge is -2.36. The lowest BCUT2D eigenvalue weighted by Crippen LogP contribution is -2.35. The average Bonchev–Trinajstić information content (AvgIpc) is 2.73. The van der Waals surface area contributed by atoms with Crippen LogP contribution in [-0.4, -0.2) is 34.5 Å². The van der Waals surface area contributed by atoms with Gasteiger partial charge < -0.3 is 14.2 Å². The van der Waals surface area contributed by atoms with Crippen LogP contribution in [0.2, 0.25) is 0 Å². The molecular formula is C21H26FNO5S. The first kappa shape index (κ1) is 21.5. The van der Waals surface area contributed by atoms with Gasteiger partial charge in [0, 0.05) is 44.9 Å². The number of ether oxygens (including phenoxy) is 3. The monoisotopic (exact) mass is 423 g/mol. The van der Waals surface area contributed by atoms with Gasteiger partial charge in [0.1, 0.15) is 18.2 Å². The second kappa shape index (κ2) is 9.11. The second-order valence-corrected chi connectivity index (χ2v) is 8.99. The molecule has 0 spiro atoms. The molecular weight excluding hydrogens is 397 g/mol. The first-order valence-corrected chi connectivity index (χ1v) is 11.2. The third kappa shape index (κ3) is 5.46. The Bertz CT molecular complexity index is 925. The molecule has 0 radical (unpaired) electrons. The molecule has 1 aliphatic heterocycles. The Morgan fingerprint density at radius 2 is 1.83 bits per heavy atom. The van der Waals surface area contributed by atoms with Crippen LogP contribution in [0.15, 0.2) is 42.5 Å². The quantitative estimate of drug-likeness (QED) is 0.699. The van der Waals surface area contributed by atoms with Gasteiger partial charge in [-0.3, -0.25) is 4.72 Å². The molecule has 1 N–H and O–H groups in total. The average molecular weight is 424 g/mol. The van der Waals surface area contributed by atoms with Crippen molar-refractivity contribution in [2.24, 2.45) is 0 Å². The molecule has 1 fully saturated rings. The van der Waals surface area contributed by atoms with E-state index < -0.39 is 15.6 Å². The van der Waals surface area contributed by atoms with Crippen molar-refractivity contribution in [1.82, 2.24) is 0 Å². The van der Waals surface area contributed by atoms with Crippen LogP contribution in [0.25, 0.3) is 0 Å². The molecule has 0 atom stereocenters. The molecule has 0 saturated carbocycles. The highest BCUT2D eigenvalue weighted by atomic mass is 32.2. The van der Waals surface area contributed by atoms with E-state index in [1.807, 2.05) is 6.07 Å². The third-order valence-corrected chi connectivity index (χ3v) is 6.41.